The number of benzene rings is 1. The molecule has 11 heteroatoms. The van der Waals surface area contributed by atoms with Gasteiger partial charge in [0.2, 0.25) is 5.95 Å². The minimum absolute atomic E-state index is 0.00383. The summed E-state index contributed by atoms with van der Waals surface area (Å²) in [7, 11) is 1.19. The first-order valence-corrected chi connectivity index (χ1v) is 12.4. The van der Waals surface area contributed by atoms with E-state index in [0.29, 0.717) is 22.7 Å². The molecule has 0 saturated carbocycles. The first kappa shape index (κ1) is 23.9. The summed E-state index contributed by atoms with van der Waals surface area (Å²) in [6.45, 7) is 5.47. The number of nitrogens with one attached hydrogen (secondary N) is 3. The van der Waals surface area contributed by atoms with Crippen LogP contribution in [0.2, 0.25) is 0 Å². The van der Waals surface area contributed by atoms with Crippen LogP contribution in [0.15, 0.2) is 52.7 Å². The van der Waals surface area contributed by atoms with Crippen LogP contribution >= 0.6 is 0 Å². The molecule has 6 rings (SSSR count). The molecule has 194 valence electrons. The Bertz CT molecular complexity index is 1710. The van der Waals surface area contributed by atoms with Gasteiger partial charge in [-0.05, 0) is 41.9 Å². The van der Waals surface area contributed by atoms with Crippen LogP contribution in [0.4, 0.5) is 5.95 Å². The van der Waals surface area contributed by atoms with E-state index in [9.17, 15) is 14.4 Å². The van der Waals surface area contributed by atoms with E-state index in [1.165, 1.54) is 30.5 Å². The molecule has 0 radical (unpaired) electrons. The van der Waals surface area contributed by atoms with E-state index in [4.69, 9.17) is 5.73 Å². The Morgan fingerprint density at radius 3 is 2.71 bits per heavy atom. The van der Waals surface area contributed by atoms with Crippen LogP contribution in [0.1, 0.15) is 51.6 Å². The number of anilines is 1. The standard InChI is InChI=1S/C27H27N7O4/c1-14(16-11-18(25(37)38-2)23(35)29-13-16)20-19-22(33-32-20)30-26(31-24(19)36)34-9-7-27(8-10-34)12-15-5-3-4-6-17(15)21(27)28/h3-6,11,13,21H,1,7-10,12,28H2,2H3,(H,29,35)(H2,30,31,32,33,36)/t21-/m1/s1. The number of rotatable bonds is 4. The monoisotopic (exact) mass is 513 g/mol. The summed E-state index contributed by atoms with van der Waals surface area (Å²) in [5.74, 6) is -0.304. The molecule has 0 amide bonds. The topological polar surface area (TPSA) is 163 Å². The zero-order valence-electron chi connectivity index (χ0n) is 20.8. The fourth-order valence-corrected chi connectivity index (χ4v) is 5.82. The summed E-state index contributed by atoms with van der Waals surface area (Å²) in [5.41, 5.74) is 9.51. The van der Waals surface area contributed by atoms with E-state index in [0.717, 1.165) is 32.4 Å². The Labute approximate surface area is 216 Å². The highest BCUT2D eigenvalue weighted by atomic mass is 16.5. The largest absolute Gasteiger partial charge is 0.465 e. The van der Waals surface area contributed by atoms with Crippen molar-refractivity contribution in [3.8, 4) is 0 Å². The van der Waals surface area contributed by atoms with Gasteiger partial charge in [0.25, 0.3) is 11.1 Å². The van der Waals surface area contributed by atoms with E-state index < -0.39 is 11.5 Å². The minimum Gasteiger partial charge on any atom is -0.465 e. The summed E-state index contributed by atoms with van der Waals surface area (Å²) in [6.07, 6.45) is 4.16. The Balaban J connectivity index is 1.26. The Kier molecular flexibility index (Phi) is 5.53. The lowest BCUT2D eigenvalue weighted by molar-refractivity contribution is 0.0598. The van der Waals surface area contributed by atoms with Crippen LogP contribution in [-0.4, -0.2) is 51.3 Å². The predicted molar refractivity (Wildman–Crippen MR) is 142 cm³/mol. The maximum atomic E-state index is 13.2. The summed E-state index contributed by atoms with van der Waals surface area (Å²) < 4.78 is 4.67. The molecular weight excluding hydrogens is 486 g/mol. The van der Waals surface area contributed by atoms with Gasteiger partial charge in [0.05, 0.1) is 7.11 Å². The minimum atomic E-state index is -0.775. The first-order chi connectivity index (χ1) is 18.3. The number of aromatic amines is 3. The molecule has 3 aromatic heterocycles. The van der Waals surface area contributed by atoms with Crippen LogP contribution in [0.5, 0.6) is 0 Å². The van der Waals surface area contributed by atoms with Crippen LogP contribution in [-0.2, 0) is 11.2 Å². The molecule has 2 aliphatic rings. The highest BCUT2D eigenvalue weighted by Gasteiger charge is 2.46. The molecule has 1 aromatic carbocycles. The summed E-state index contributed by atoms with van der Waals surface area (Å²) in [4.78, 5) is 49.3. The first-order valence-electron chi connectivity index (χ1n) is 12.4. The van der Waals surface area contributed by atoms with Crippen molar-refractivity contribution in [3.05, 3.63) is 91.8 Å². The van der Waals surface area contributed by atoms with Crippen LogP contribution in [0.25, 0.3) is 16.6 Å². The molecule has 0 bridgehead atoms. The number of hydrogen-bond acceptors (Lipinski definition) is 8. The van der Waals surface area contributed by atoms with Gasteiger partial charge in [-0.15, -0.1) is 0 Å². The third kappa shape index (κ3) is 3.66. The van der Waals surface area contributed by atoms with Crippen molar-refractivity contribution in [1.29, 1.82) is 0 Å². The lowest BCUT2D eigenvalue weighted by atomic mass is 9.73. The Morgan fingerprint density at radius 2 is 1.97 bits per heavy atom. The molecule has 1 atom stereocenters. The summed E-state index contributed by atoms with van der Waals surface area (Å²) in [5, 5.41) is 7.35. The third-order valence-electron chi connectivity index (χ3n) is 8.01. The molecule has 38 heavy (non-hydrogen) atoms. The quantitative estimate of drug-likeness (QED) is 0.301. The number of carbonyl (C=O) groups excluding carboxylic acids is 1. The number of nitrogens with zero attached hydrogens (tertiary/aromatic N) is 3. The molecule has 1 fully saturated rings. The maximum absolute atomic E-state index is 13.2. The van der Waals surface area contributed by atoms with Crippen LogP contribution in [0, 0.1) is 5.41 Å². The lowest BCUT2D eigenvalue weighted by Gasteiger charge is -2.42. The molecule has 1 aliphatic heterocycles. The smallest absolute Gasteiger partial charge is 0.343 e. The number of pyridine rings is 1. The van der Waals surface area contributed by atoms with Crippen LogP contribution in [0.3, 0.4) is 0 Å². The van der Waals surface area contributed by atoms with Gasteiger partial charge in [-0.25, -0.2) is 4.79 Å². The highest BCUT2D eigenvalue weighted by molar-refractivity contribution is 5.94. The van der Waals surface area contributed by atoms with E-state index in [-0.39, 0.29) is 33.7 Å². The van der Waals surface area contributed by atoms with Gasteiger partial charge in [0, 0.05) is 36.5 Å². The molecule has 1 saturated heterocycles. The molecule has 4 aromatic rings. The van der Waals surface area contributed by atoms with Crippen molar-refractivity contribution < 1.29 is 9.53 Å². The predicted octanol–water partition coefficient (Wildman–Crippen LogP) is 2.03. The van der Waals surface area contributed by atoms with Gasteiger partial charge in [-0.2, -0.15) is 10.1 Å². The third-order valence-corrected chi connectivity index (χ3v) is 8.01. The van der Waals surface area contributed by atoms with Gasteiger partial charge >= 0.3 is 5.97 Å². The van der Waals surface area contributed by atoms with Crippen molar-refractivity contribution in [2.45, 2.75) is 25.3 Å². The summed E-state index contributed by atoms with van der Waals surface area (Å²) >= 11 is 0. The Hall–Kier alpha value is -4.51. The number of hydrogen-bond donors (Lipinski definition) is 4. The normalized spacial score (nSPS) is 18.1. The zero-order valence-corrected chi connectivity index (χ0v) is 20.8. The molecule has 1 spiro atoms. The van der Waals surface area contributed by atoms with E-state index in [2.05, 4.69) is 59.6 Å². The fraction of sp³-hybridized carbons (Fsp3) is 0.296. The maximum Gasteiger partial charge on any atom is 0.343 e. The fourth-order valence-electron chi connectivity index (χ4n) is 5.82. The molecule has 0 unspecified atom stereocenters. The lowest BCUT2D eigenvalue weighted by Crippen LogP contribution is -2.45. The second kappa shape index (κ2) is 8.80. The second-order valence-corrected chi connectivity index (χ2v) is 9.99. The van der Waals surface area contributed by atoms with Gasteiger partial charge in [0.1, 0.15) is 16.6 Å². The number of carbonyl (C=O) groups is 1. The van der Waals surface area contributed by atoms with Crippen LogP contribution < -0.4 is 21.8 Å². The highest BCUT2D eigenvalue weighted by Crippen LogP contribution is 2.50. The SMILES string of the molecule is C=C(c1c[nH]c(=O)c(C(=O)OC)c1)c1n[nH]c2nc(N3CCC4(CC3)Cc3ccccc3[C@H]4N)[nH]c(=O)c12. The number of aromatic nitrogens is 5. The number of ether oxygens (including phenoxy) is 1. The average molecular weight is 514 g/mol. The number of esters is 1. The van der Waals surface area contributed by atoms with E-state index in [1.807, 2.05) is 6.07 Å². The molecule has 11 nitrogen and oxygen atoms in total. The second-order valence-electron chi connectivity index (χ2n) is 9.99. The Morgan fingerprint density at radius 1 is 1.21 bits per heavy atom. The van der Waals surface area contributed by atoms with Crippen molar-refractivity contribution in [1.82, 2.24) is 25.1 Å². The van der Waals surface area contributed by atoms with Gasteiger partial charge in [-0.3, -0.25) is 19.7 Å². The number of fused-ring (bicyclic) bond motifs is 2. The van der Waals surface area contributed by atoms with Gasteiger partial charge < -0.3 is 20.4 Å². The van der Waals surface area contributed by atoms with Crippen molar-refractivity contribution in [3.63, 3.8) is 0 Å². The molecule has 4 heterocycles. The number of nitrogens with two attached hydrogens (primary N) is 1. The van der Waals surface area contributed by atoms with E-state index in [1.54, 1.807) is 0 Å². The average Bonchev–Trinajstić information content (AvgIpc) is 3.48. The number of H-pyrrole nitrogens is 3. The summed E-state index contributed by atoms with van der Waals surface area (Å²) in [6, 6.07) is 9.76. The van der Waals surface area contributed by atoms with Crippen molar-refractivity contribution in [2.24, 2.45) is 11.1 Å². The number of methoxy groups -OCH3 is 1. The van der Waals surface area contributed by atoms with Gasteiger partial charge in [-0.1, -0.05) is 30.8 Å². The zero-order chi connectivity index (χ0) is 26.6. The molecule has 1 aliphatic carbocycles. The number of piperidine rings is 1. The molecule has 5 N–H and O–H groups in total. The van der Waals surface area contributed by atoms with Crippen molar-refractivity contribution >= 4 is 28.5 Å². The van der Waals surface area contributed by atoms with E-state index >= 15 is 0 Å². The van der Waals surface area contributed by atoms with Gasteiger partial charge in [0.15, 0.2) is 5.65 Å². The molecular formula is C27H27N7O4. The van der Waals surface area contributed by atoms with Crippen molar-refractivity contribution in [2.75, 3.05) is 25.1 Å².